The van der Waals surface area contributed by atoms with Gasteiger partial charge in [0.1, 0.15) is 0 Å². The number of hydrogen-bond donors (Lipinski definition) is 1. The molecule has 0 aromatic carbocycles. The summed E-state index contributed by atoms with van der Waals surface area (Å²) in [5.74, 6) is -0.304. The predicted octanol–water partition coefficient (Wildman–Crippen LogP) is 2.12. The Balaban J connectivity index is 4.21. The van der Waals surface area contributed by atoms with Crippen LogP contribution in [-0.2, 0) is 14.3 Å². The van der Waals surface area contributed by atoms with Crippen molar-refractivity contribution in [1.29, 1.82) is 0 Å². The van der Waals surface area contributed by atoms with Crippen molar-refractivity contribution in [2.24, 2.45) is 0 Å². The first-order chi connectivity index (χ1) is 7.81. The van der Waals surface area contributed by atoms with E-state index in [1.54, 1.807) is 6.92 Å². The van der Waals surface area contributed by atoms with E-state index in [0.29, 0.717) is 13.0 Å². The molecule has 0 aliphatic rings. The molecule has 1 atom stereocenters. The number of carbonyl (C=O) groups is 1. The Labute approximate surface area is 105 Å². The average Bonchev–Trinajstić information content (AvgIpc) is 2.27. The van der Waals surface area contributed by atoms with Gasteiger partial charge in [0, 0.05) is 12.1 Å². The van der Waals surface area contributed by atoms with Gasteiger partial charge in [0.2, 0.25) is 0 Å². The monoisotopic (exact) mass is 245 g/mol. The number of ether oxygens (including phenoxy) is 2. The Kier molecular flexibility index (Phi) is 6.72. The van der Waals surface area contributed by atoms with Crippen molar-refractivity contribution in [2.45, 2.75) is 58.6 Å². The van der Waals surface area contributed by atoms with Gasteiger partial charge in [-0.2, -0.15) is 0 Å². The molecule has 0 radical (unpaired) electrons. The lowest BCUT2D eigenvalue weighted by Crippen LogP contribution is -2.43. The highest BCUT2D eigenvalue weighted by atomic mass is 16.6. The Morgan fingerprint density at radius 3 is 2.24 bits per heavy atom. The zero-order chi connectivity index (χ0) is 13.5. The van der Waals surface area contributed by atoms with Crippen LogP contribution in [0.25, 0.3) is 0 Å². The van der Waals surface area contributed by atoms with Crippen LogP contribution < -0.4 is 5.32 Å². The highest BCUT2D eigenvalue weighted by Gasteiger charge is 2.33. The summed E-state index contributed by atoms with van der Waals surface area (Å²) < 4.78 is 10.5. The zero-order valence-corrected chi connectivity index (χ0v) is 12.1. The topological polar surface area (TPSA) is 47.6 Å². The fourth-order valence-electron chi connectivity index (χ4n) is 1.62. The van der Waals surface area contributed by atoms with Crippen molar-refractivity contribution in [2.75, 3.05) is 20.3 Å². The fourth-order valence-corrected chi connectivity index (χ4v) is 1.62. The van der Waals surface area contributed by atoms with Gasteiger partial charge in [-0.3, -0.25) is 0 Å². The van der Waals surface area contributed by atoms with E-state index in [-0.39, 0.29) is 11.5 Å². The second kappa shape index (κ2) is 6.97. The molecule has 0 saturated heterocycles. The van der Waals surface area contributed by atoms with Crippen molar-refractivity contribution in [3.63, 3.8) is 0 Å². The van der Waals surface area contributed by atoms with Gasteiger partial charge < -0.3 is 14.8 Å². The number of nitrogens with one attached hydrogen (secondary N) is 1. The molecule has 0 saturated carbocycles. The number of esters is 1. The lowest BCUT2D eigenvalue weighted by atomic mass is 10.0. The third-order valence-electron chi connectivity index (χ3n) is 3.09. The number of carbonyl (C=O) groups excluding carboxylic acids is 1. The summed E-state index contributed by atoms with van der Waals surface area (Å²) in [5.41, 5.74) is -0.795. The minimum Gasteiger partial charge on any atom is -0.467 e. The molecule has 0 aromatic rings. The third-order valence-corrected chi connectivity index (χ3v) is 3.09. The highest BCUT2D eigenvalue weighted by Crippen LogP contribution is 2.19. The smallest absolute Gasteiger partial charge is 0.337 e. The molecule has 0 bridgehead atoms. The summed E-state index contributed by atoms with van der Waals surface area (Å²) >= 11 is 0. The van der Waals surface area contributed by atoms with E-state index in [1.807, 2.05) is 6.92 Å². The molecule has 4 nitrogen and oxygen atoms in total. The summed E-state index contributed by atoms with van der Waals surface area (Å²) in [6.07, 6.45) is 1.47. The maximum absolute atomic E-state index is 11.6. The van der Waals surface area contributed by atoms with Crippen LogP contribution in [-0.4, -0.2) is 37.4 Å². The Bertz CT molecular complexity index is 241. The molecule has 0 amide bonds. The molecule has 0 aromatic heterocycles. The van der Waals surface area contributed by atoms with Crippen molar-refractivity contribution >= 4 is 5.97 Å². The molecular weight excluding hydrogens is 218 g/mol. The molecule has 0 aliphatic heterocycles. The zero-order valence-electron chi connectivity index (χ0n) is 12.1. The van der Waals surface area contributed by atoms with Crippen molar-refractivity contribution in [3.05, 3.63) is 0 Å². The molecule has 4 heteroatoms. The van der Waals surface area contributed by atoms with E-state index in [9.17, 15) is 4.79 Å². The van der Waals surface area contributed by atoms with Crippen molar-refractivity contribution in [1.82, 2.24) is 5.32 Å². The lowest BCUT2D eigenvalue weighted by molar-refractivity contribution is -0.168. The van der Waals surface area contributed by atoms with Crippen LogP contribution in [0.2, 0.25) is 0 Å². The molecule has 17 heavy (non-hydrogen) atoms. The summed E-state index contributed by atoms with van der Waals surface area (Å²) in [4.78, 5) is 11.6. The maximum Gasteiger partial charge on any atom is 0.337 e. The molecule has 0 rings (SSSR count). The van der Waals surface area contributed by atoms with Gasteiger partial charge in [-0.15, -0.1) is 0 Å². The molecular formula is C13H27NO3. The molecule has 0 aliphatic carbocycles. The third kappa shape index (κ3) is 5.50. The Morgan fingerprint density at radius 1 is 1.24 bits per heavy atom. The van der Waals surface area contributed by atoms with Gasteiger partial charge in [0.05, 0.1) is 7.11 Å². The number of methoxy groups -OCH3 is 1. The van der Waals surface area contributed by atoms with E-state index in [1.165, 1.54) is 7.11 Å². The van der Waals surface area contributed by atoms with Crippen molar-refractivity contribution < 1.29 is 14.3 Å². The predicted molar refractivity (Wildman–Crippen MR) is 69.0 cm³/mol. The van der Waals surface area contributed by atoms with Gasteiger partial charge in [-0.05, 0) is 40.2 Å². The first kappa shape index (κ1) is 16.4. The summed E-state index contributed by atoms with van der Waals surface area (Å²) in [6.45, 7) is 11.5. The second-order valence-electron chi connectivity index (χ2n) is 5.09. The van der Waals surface area contributed by atoms with E-state index < -0.39 is 5.60 Å². The number of hydrogen-bond acceptors (Lipinski definition) is 4. The largest absolute Gasteiger partial charge is 0.467 e. The van der Waals surface area contributed by atoms with Crippen LogP contribution >= 0.6 is 0 Å². The SMILES string of the molecule is CCNC(C)(C)CCOC(C)(CC)C(=O)OC. The van der Waals surface area contributed by atoms with Gasteiger partial charge in [0.15, 0.2) is 5.60 Å². The van der Waals surface area contributed by atoms with Gasteiger partial charge in [-0.25, -0.2) is 4.79 Å². The van der Waals surface area contributed by atoms with Crippen LogP contribution in [0.4, 0.5) is 0 Å². The van der Waals surface area contributed by atoms with Gasteiger partial charge >= 0.3 is 5.97 Å². The standard InChI is InChI=1S/C13H27NO3/c1-7-13(5,11(15)16-6)17-10-9-12(3,4)14-8-2/h14H,7-10H2,1-6H3. The van der Waals surface area contributed by atoms with Crippen molar-refractivity contribution in [3.8, 4) is 0 Å². The minimum absolute atomic E-state index is 0.0273. The molecule has 0 fully saturated rings. The van der Waals surface area contributed by atoms with Crippen LogP contribution in [0.3, 0.4) is 0 Å². The van der Waals surface area contributed by atoms with E-state index in [2.05, 4.69) is 26.1 Å². The molecule has 0 heterocycles. The van der Waals surface area contributed by atoms with Crippen LogP contribution in [0.5, 0.6) is 0 Å². The van der Waals surface area contributed by atoms with Gasteiger partial charge in [-0.1, -0.05) is 13.8 Å². The summed E-state index contributed by atoms with van der Waals surface area (Å²) in [5, 5.41) is 3.37. The molecule has 1 N–H and O–H groups in total. The molecule has 0 spiro atoms. The highest BCUT2D eigenvalue weighted by molar-refractivity contribution is 5.78. The van der Waals surface area contributed by atoms with E-state index in [4.69, 9.17) is 9.47 Å². The quantitative estimate of drug-likeness (QED) is 0.665. The van der Waals surface area contributed by atoms with Crippen LogP contribution in [0, 0.1) is 0 Å². The van der Waals surface area contributed by atoms with E-state index in [0.717, 1.165) is 13.0 Å². The summed E-state index contributed by atoms with van der Waals surface area (Å²) in [6, 6.07) is 0. The fraction of sp³-hybridized carbons (Fsp3) is 0.923. The molecule has 1 unspecified atom stereocenters. The Morgan fingerprint density at radius 2 is 1.82 bits per heavy atom. The average molecular weight is 245 g/mol. The molecule has 102 valence electrons. The van der Waals surface area contributed by atoms with Crippen LogP contribution in [0.1, 0.15) is 47.5 Å². The first-order valence-electron chi connectivity index (χ1n) is 6.28. The maximum atomic E-state index is 11.6. The van der Waals surface area contributed by atoms with E-state index >= 15 is 0 Å². The second-order valence-corrected chi connectivity index (χ2v) is 5.09. The number of rotatable bonds is 8. The Hall–Kier alpha value is -0.610. The lowest BCUT2D eigenvalue weighted by Gasteiger charge is -2.30. The first-order valence-corrected chi connectivity index (χ1v) is 6.28. The minimum atomic E-state index is -0.822. The normalized spacial score (nSPS) is 15.4. The van der Waals surface area contributed by atoms with Crippen LogP contribution in [0.15, 0.2) is 0 Å². The summed E-state index contributed by atoms with van der Waals surface area (Å²) in [7, 11) is 1.39. The van der Waals surface area contributed by atoms with Gasteiger partial charge in [0.25, 0.3) is 0 Å².